The summed E-state index contributed by atoms with van der Waals surface area (Å²) in [6.45, 7) is 7.57. The first kappa shape index (κ1) is 15.8. The maximum atomic E-state index is 12.0. The number of carbonyl (C=O) groups is 1. The molecule has 1 saturated heterocycles. The summed E-state index contributed by atoms with van der Waals surface area (Å²) in [6.07, 6.45) is 2.66. The minimum absolute atomic E-state index is 0.0219. The number of ether oxygens (including phenoxy) is 1. The summed E-state index contributed by atoms with van der Waals surface area (Å²) in [6, 6.07) is 0.119. The van der Waals surface area contributed by atoms with E-state index in [-0.39, 0.29) is 18.2 Å². The summed E-state index contributed by atoms with van der Waals surface area (Å²) in [5, 5.41) is 6.74. The summed E-state index contributed by atoms with van der Waals surface area (Å²) < 4.78 is 10.9. The summed E-state index contributed by atoms with van der Waals surface area (Å²) in [4.78, 5) is 18.0. The van der Waals surface area contributed by atoms with Crippen LogP contribution in [0.1, 0.15) is 45.3 Å². The monoisotopic (exact) mass is 296 g/mol. The molecule has 1 aliphatic heterocycles. The third kappa shape index (κ3) is 4.70. The van der Waals surface area contributed by atoms with Gasteiger partial charge in [-0.25, -0.2) is 4.79 Å². The fourth-order valence-corrected chi connectivity index (χ4v) is 2.28. The Balaban J connectivity index is 1.79. The standard InChI is InChI=1S/C14H24N4O3/c1-4-12-16-13(21-17-12)9-20-11-6-5-7-18(8-11)14(19)15-10(2)3/h10-11H,4-9H2,1-3H3,(H,15,19). The smallest absolute Gasteiger partial charge is 0.317 e. The van der Waals surface area contributed by atoms with E-state index in [0.29, 0.717) is 24.9 Å². The number of nitrogens with zero attached hydrogens (tertiary/aromatic N) is 3. The molecule has 0 bridgehead atoms. The highest BCUT2D eigenvalue weighted by atomic mass is 16.5. The zero-order chi connectivity index (χ0) is 15.2. The van der Waals surface area contributed by atoms with E-state index in [2.05, 4.69) is 15.5 Å². The molecule has 1 N–H and O–H groups in total. The molecule has 21 heavy (non-hydrogen) atoms. The molecule has 118 valence electrons. The average Bonchev–Trinajstić information content (AvgIpc) is 2.93. The molecule has 1 fully saturated rings. The van der Waals surface area contributed by atoms with E-state index in [1.807, 2.05) is 20.8 Å². The number of hydrogen-bond donors (Lipinski definition) is 1. The fourth-order valence-electron chi connectivity index (χ4n) is 2.28. The number of aryl methyl sites for hydroxylation is 1. The van der Waals surface area contributed by atoms with Crippen molar-refractivity contribution in [2.45, 2.75) is 58.8 Å². The first-order valence-corrected chi connectivity index (χ1v) is 7.57. The molecule has 0 spiro atoms. The third-order valence-corrected chi connectivity index (χ3v) is 3.35. The van der Waals surface area contributed by atoms with Crippen LogP contribution in [-0.4, -0.2) is 46.3 Å². The lowest BCUT2D eigenvalue weighted by Gasteiger charge is -2.32. The Kier molecular flexibility index (Phi) is 5.55. The van der Waals surface area contributed by atoms with E-state index < -0.39 is 0 Å². The van der Waals surface area contributed by atoms with Crippen molar-refractivity contribution in [3.63, 3.8) is 0 Å². The van der Waals surface area contributed by atoms with Crippen LogP contribution in [0.15, 0.2) is 4.52 Å². The van der Waals surface area contributed by atoms with Gasteiger partial charge in [0.1, 0.15) is 6.61 Å². The van der Waals surface area contributed by atoms with Crippen molar-refractivity contribution in [1.82, 2.24) is 20.4 Å². The van der Waals surface area contributed by atoms with Crippen LogP contribution in [-0.2, 0) is 17.8 Å². The Labute approximate surface area is 125 Å². The largest absolute Gasteiger partial charge is 0.367 e. The lowest BCUT2D eigenvalue weighted by molar-refractivity contribution is -0.0105. The van der Waals surface area contributed by atoms with Gasteiger partial charge in [0, 0.05) is 25.6 Å². The zero-order valence-corrected chi connectivity index (χ0v) is 13.0. The van der Waals surface area contributed by atoms with Gasteiger partial charge in [-0.2, -0.15) is 4.98 Å². The molecule has 0 aromatic carbocycles. The van der Waals surface area contributed by atoms with Gasteiger partial charge in [0.05, 0.1) is 6.10 Å². The van der Waals surface area contributed by atoms with Crippen LogP contribution in [0.3, 0.4) is 0 Å². The van der Waals surface area contributed by atoms with Crippen molar-refractivity contribution in [1.29, 1.82) is 0 Å². The molecule has 0 aliphatic carbocycles. The Morgan fingerprint density at radius 2 is 2.38 bits per heavy atom. The van der Waals surface area contributed by atoms with Crippen LogP contribution < -0.4 is 5.32 Å². The predicted octanol–water partition coefficient (Wildman–Crippen LogP) is 1.73. The van der Waals surface area contributed by atoms with Crippen LogP contribution >= 0.6 is 0 Å². The number of rotatable bonds is 5. The number of urea groups is 1. The second-order valence-electron chi connectivity index (χ2n) is 5.58. The van der Waals surface area contributed by atoms with Crippen molar-refractivity contribution in [2.75, 3.05) is 13.1 Å². The number of carbonyl (C=O) groups excluding carboxylic acids is 1. The van der Waals surface area contributed by atoms with E-state index >= 15 is 0 Å². The molecule has 1 aliphatic rings. The second kappa shape index (κ2) is 7.40. The molecule has 0 radical (unpaired) electrons. The first-order valence-electron chi connectivity index (χ1n) is 7.57. The number of nitrogens with one attached hydrogen (secondary N) is 1. The molecule has 1 aromatic heterocycles. The van der Waals surface area contributed by atoms with Gasteiger partial charge < -0.3 is 19.5 Å². The van der Waals surface area contributed by atoms with Crippen LogP contribution in [0.4, 0.5) is 4.79 Å². The van der Waals surface area contributed by atoms with E-state index in [4.69, 9.17) is 9.26 Å². The highest BCUT2D eigenvalue weighted by molar-refractivity contribution is 5.74. The highest BCUT2D eigenvalue weighted by Crippen LogP contribution is 2.15. The zero-order valence-electron chi connectivity index (χ0n) is 13.0. The predicted molar refractivity (Wildman–Crippen MR) is 76.7 cm³/mol. The Hall–Kier alpha value is -1.63. The summed E-state index contributed by atoms with van der Waals surface area (Å²) >= 11 is 0. The number of aromatic nitrogens is 2. The van der Waals surface area contributed by atoms with Crippen LogP contribution in [0, 0.1) is 0 Å². The number of hydrogen-bond acceptors (Lipinski definition) is 5. The van der Waals surface area contributed by atoms with E-state index in [0.717, 1.165) is 25.8 Å². The van der Waals surface area contributed by atoms with Gasteiger partial charge in [-0.15, -0.1) is 0 Å². The Morgan fingerprint density at radius 1 is 1.57 bits per heavy atom. The molecule has 1 aromatic rings. The molecule has 2 rings (SSSR count). The molecule has 1 atom stereocenters. The minimum atomic E-state index is -0.0237. The molecular formula is C14H24N4O3. The Morgan fingerprint density at radius 3 is 3.05 bits per heavy atom. The molecule has 7 nitrogen and oxygen atoms in total. The van der Waals surface area contributed by atoms with Gasteiger partial charge in [0.15, 0.2) is 5.82 Å². The summed E-state index contributed by atoms with van der Waals surface area (Å²) in [5.74, 6) is 1.19. The normalized spacial score (nSPS) is 19.0. The van der Waals surface area contributed by atoms with Crippen LogP contribution in [0.25, 0.3) is 0 Å². The van der Waals surface area contributed by atoms with E-state index in [9.17, 15) is 4.79 Å². The van der Waals surface area contributed by atoms with Crippen molar-refractivity contribution < 1.29 is 14.1 Å². The summed E-state index contributed by atoms with van der Waals surface area (Å²) in [7, 11) is 0. The van der Waals surface area contributed by atoms with Crippen molar-refractivity contribution in [3.8, 4) is 0 Å². The molecule has 2 amide bonds. The van der Waals surface area contributed by atoms with Crippen LogP contribution in [0.2, 0.25) is 0 Å². The van der Waals surface area contributed by atoms with E-state index in [1.165, 1.54) is 0 Å². The average molecular weight is 296 g/mol. The maximum absolute atomic E-state index is 12.0. The van der Waals surface area contributed by atoms with Crippen molar-refractivity contribution >= 4 is 6.03 Å². The second-order valence-corrected chi connectivity index (χ2v) is 5.58. The lowest BCUT2D eigenvalue weighted by atomic mass is 10.1. The van der Waals surface area contributed by atoms with Gasteiger partial charge in [-0.1, -0.05) is 12.1 Å². The SMILES string of the molecule is CCc1noc(COC2CCCN(C(=O)NC(C)C)C2)n1. The lowest BCUT2D eigenvalue weighted by Crippen LogP contribution is -2.49. The maximum Gasteiger partial charge on any atom is 0.317 e. The van der Waals surface area contributed by atoms with Crippen LogP contribution in [0.5, 0.6) is 0 Å². The minimum Gasteiger partial charge on any atom is -0.367 e. The first-order chi connectivity index (χ1) is 10.1. The number of likely N-dealkylation sites (tertiary alicyclic amines) is 1. The molecule has 7 heteroatoms. The third-order valence-electron chi connectivity index (χ3n) is 3.35. The van der Waals surface area contributed by atoms with Gasteiger partial charge in [0.25, 0.3) is 5.89 Å². The molecule has 0 saturated carbocycles. The van der Waals surface area contributed by atoms with Gasteiger partial charge in [0.2, 0.25) is 0 Å². The topological polar surface area (TPSA) is 80.5 Å². The fraction of sp³-hybridized carbons (Fsp3) is 0.786. The highest BCUT2D eigenvalue weighted by Gasteiger charge is 2.24. The number of piperidine rings is 1. The Bertz CT molecular complexity index is 461. The van der Waals surface area contributed by atoms with Gasteiger partial charge in [-0.3, -0.25) is 0 Å². The van der Waals surface area contributed by atoms with Gasteiger partial charge >= 0.3 is 6.03 Å². The van der Waals surface area contributed by atoms with Crippen molar-refractivity contribution in [3.05, 3.63) is 11.7 Å². The molecular weight excluding hydrogens is 272 g/mol. The molecule has 1 unspecified atom stereocenters. The van der Waals surface area contributed by atoms with Crippen molar-refractivity contribution in [2.24, 2.45) is 0 Å². The number of amides is 2. The quantitative estimate of drug-likeness (QED) is 0.895. The molecule has 2 heterocycles. The summed E-state index contributed by atoms with van der Waals surface area (Å²) in [5.41, 5.74) is 0. The van der Waals surface area contributed by atoms with Gasteiger partial charge in [-0.05, 0) is 26.7 Å². The van der Waals surface area contributed by atoms with E-state index in [1.54, 1.807) is 4.90 Å².